The molecule has 1 aromatic rings. The smallest absolute Gasteiger partial charge is 0.341 e. The molecule has 5 heteroatoms. The number of hydrogen-bond donors (Lipinski definition) is 1. The van der Waals surface area contributed by atoms with Crippen LogP contribution >= 0.6 is 0 Å². The van der Waals surface area contributed by atoms with Crippen molar-refractivity contribution in [2.24, 2.45) is 5.92 Å². The zero-order chi connectivity index (χ0) is 16.7. The van der Waals surface area contributed by atoms with E-state index in [1.54, 1.807) is 17.0 Å². The summed E-state index contributed by atoms with van der Waals surface area (Å²) in [6.07, 6.45) is 6.80. The summed E-state index contributed by atoms with van der Waals surface area (Å²) in [7, 11) is 1.83. The fourth-order valence-corrected chi connectivity index (χ4v) is 3.02. The first-order valence-electron chi connectivity index (χ1n) is 8.22. The highest BCUT2D eigenvalue weighted by atomic mass is 16.5. The van der Waals surface area contributed by atoms with Crippen molar-refractivity contribution in [3.63, 3.8) is 0 Å². The molecule has 0 atom stereocenters. The van der Waals surface area contributed by atoms with Gasteiger partial charge in [-0.05, 0) is 30.0 Å². The third-order valence-electron chi connectivity index (χ3n) is 4.37. The van der Waals surface area contributed by atoms with Crippen LogP contribution in [0.1, 0.15) is 44.1 Å². The molecule has 23 heavy (non-hydrogen) atoms. The van der Waals surface area contributed by atoms with Crippen LogP contribution in [0.3, 0.4) is 0 Å². The van der Waals surface area contributed by atoms with Gasteiger partial charge in [-0.3, -0.25) is 4.79 Å². The van der Waals surface area contributed by atoms with Crippen LogP contribution in [0.15, 0.2) is 24.3 Å². The Labute approximate surface area is 137 Å². The Hall–Kier alpha value is -2.04. The van der Waals surface area contributed by atoms with Gasteiger partial charge in [-0.25, -0.2) is 4.79 Å². The van der Waals surface area contributed by atoms with Gasteiger partial charge in [0.2, 0.25) is 5.91 Å². The van der Waals surface area contributed by atoms with E-state index in [1.165, 1.54) is 25.7 Å². The van der Waals surface area contributed by atoms with Crippen LogP contribution in [0.2, 0.25) is 0 Å². The SMILES string of the molecule is CN(Cc1ccc(OCC(=O)O)cc1)C(=O)CCC1CCCC1. The van der Waals surface area contributed by atoms with E-state index in [4.69, 9.17) is 9.84 Å². The summed E-state index contributed by atoms with van der Waals surface area (Å²) < 4.78 is 5.09. The Bertz CT molecular complexity index is 520. The Kier molecular flexibility index (Phi) is 6.44. The van der Waals surface area contributed by atoms with Gasteiger partial charge in [0.05, 0.1) is 0 Å². The van der Waals surface area contributed by atoms with Gasteiger partial charge in [0.1, 0.15) is 5.75 Å². The average Bonchev–Trinajstić information content (AvgIpc) is 3.05. The van der Waals surface area contributed by atoms with E-state index in [0.717, 1.165) is 17.9 Å². The Morgan fingerprint density at radius 1 is 1.22 bits per heavy atom. The molecular formula is C18H25NO4. The molecule has 0 spiro atoms. The molecule has 1 amide bonds. The molecule has 2 rings (SSSR count). The quantitative estimate of drug-likeness (QED) is 0.799. The minimum atomic E-state index is -0.998. The van der Waals surface area contributed by atoms with Crippen LogP contribution in [-0.4, -0.2) is 35.5 Å². The number of hydrogen-bond acceptors (Lipinski definition) is 3. The summed E-state index contributed by atoms with van der Waals surface area (Å²) >= 11 is 0. The first-order valence-corrected chi connectivity index (χ1v) is 8.22. The molecule has 1 aliphatic rings. The minimum absolute atomic E-state index is 0.183. The summed E-state index contributed by atoms with van der Waals surface area (Å²) in [5.74, 6) is 0.439. The van der Waals surface area contributed by atoms with E-state index in [2.05, 4.69) is 0 Å². The lowest BCUT2D eigenvalue weighted by Crippen LogP contribution is -2.26. The molecule has 0 heterocycles. The number of rotatable bonds is 8. The normalized spacial score (nSPS) is 14.7. The first-order chi connectivity index (χ1) is 11.0. The summed E-state index contributed by atoms with van der Waals surface area (Å²) in [6, 6.07) is 7.18. The highest BCUT2D eigenvalue weighted by Gasteiger charge is 2.17. The highest BCUT2D eigenvalue weighted by molar-refractivity contribution is 5.75. The number of nitrogens with zero attached hydrogens (tertiary/aromatic N) is 1. The lowest BCUT2D eigenvalue weighted by atomic mass is 10.0. The van der Waals surface area contributed by atoms with Crippen molar-refractivity contribution in [2.45, 2.75) is 45.1 Å². The van der Waals surface area contributed by atoms with E-state index in [1.807, 2.05) is 19.2 Å². The molecule has 0 unspecified atom stereocenters. The maximum absolute atomic E-state index is 12.2. The van der Waals surface area contributed by atoms with E-state index in [-0.39, 0.29) is 12.5 Å². The second-order valence-electron chi connectivity index (χ2n) is 6.27. The number of carbonyl (C=O) groups excluding carboxylic acids is 1. The van der Waals surface area contributed by atoms with Crippen LogP contribution < -0.4 is 4.74 Å². The van der Waals surface area contributed by atoms with E-state index < -0.39 is 5.97 Å². The Morgan fingerprint density at radius 3 is 2.48 bits per heavy atom. The van der Waals surface area contributed by atoms with Crippen LogP contribution in [-0.2, 0) is 16.1 Å². The van der Waals surface area contributed by atoms with Gasteiger partial charge in [0, 0.05) is 20.0 Å². The minimum Gasteiger partial charge on any atom is -0.482 e. The molecule has 1 aromatic carbocycles. The number of ether oxygens (including phenoxy) is 1. The Morgan fingerprint density at radius 2 is 1.87 bits per heavy atom. The third-order valence-corrected chi connectivity index (χ3v) is 4.37. The maximum atomic E-state index is 12.2. The van der Waals surface area contributed by atoms with Gasteiger partial charge in [-0.2, -0.15) is 0 Å². The van der Waals surface area contributed by atoms with Crippen molar-refractivity contribution in [1.82, 2.24) is 4.90 Å². The van der Waals surface area contributed by atoms with Gasteiger partial charge in [-0.15, -0.1) is 0 Å². The van der Waals surface area contributed by atoms with Crippen LogP contribution in [0.5, 0.6) is 5.75 Å². The third kappa shape index (κ3) is 5.93. The number of carboxylic acids is 1. The number of benzene rings is 1. The molecule has 1 saturated carbocycles. The van der Waals surface area contributed by atoms with Crippen LogP contribution in [0.25, 0.3) is 0 Å². The number of amides is 1. The standard InChI is InChI=1S/C18H25NO4/c1-19(17(20)11-8-14-4-2-3-5-14)12-15-6-9-16(10-7-15)23-13-18(21)22/h6-7,9-10,14H,2-5,8,11-13H2,1H3,(H,21,22). The average molecular weight is 319 g/mol. The highest BCUT2D eigenvalue weighted by Crippen LogP contribution is 2.28. The van der Waals surface area contributed by atoms with Crippen LogP contribution in [0, 0.1) is 5.92 Å². The topological polar surface area (TPSA) is 66.8 Å². The van der Waals surface area contributed by atoms with Gasteiger partial charge in [-0.1, -0.05) is 37.8 Å². The van der Waals surface area contributed by atoms with Crippen LogP contribution in [0.4, 0.5) is 0 Å². The summed E-state index contributed by atoms with van der Waals surface area (Å²) in [4.78, 5) is 24.4. The summed E-state index contributed by atoms with van der Waals surface area (Å²) in [6.45, 7) is 0.210. The lowest BCUT2D eigenvalue weighted by Gasteiger charge is -2.18. The molecule has 5 nitrogen and oxygen atoms in total. The fourth-order valence-electron chi connectivity index (χ4n) is 3.02. The first kappa shape index (κ1) is 17.3. The molecule has 0 bridgehead atoms. The fraction of sp³-hybridized carbons (Fsp3) is 0.556. The van der Waals surface area contributed by atoms with Crippen molar-refractivity contribution in [2.75, 3.05) is 13.7 Å². The molecular weight excluding hydrogens is 294 g/mol. The molecule has 0 saturated heterocycles. The monoisotopic (exact) mass is 319 g/mol. The zero-order valence-corrected chi connectivity index (χ0v) is 13.7. The molecule has 1 aliphatic carbocycles. The van der Waals surface area contributed by atoms with E-state index >= 15 is 0 Å². The number of carboxylic acid groups (broad SMARTS) is 1. The van der Waals surface area contributed by atoms with Crippen molar-refractivity contribution < 1.29 is 19.4 Å². The molecule has 0 radical (unpaired) electrons. The number of carbonyl (C=O) groups is 2. The lowest BCUT2D eigenvalue weighted by molar-refractivity contribution is -0.139. The maximum Gasteiger partial charge on any atom is 0.341 e. The largest absolute Gasteiger partial charge is 0.482 e. The predicted octanol–water partition coefficient (Wildman–Crippen LogP) is 3.08. The van der Waals surface area contributed by atoms with Crippen molar-refractivity contribution in [3.8, 4) is 5.75 Å². The summed E-state index contributed by atoms with van der Waals surface area (Å²) in [5.41, 5.74) is 1.00. The molecule has 126 valence electrons. The van der Waals surface area contributed by atoms with Gasteiger partial charge < -0.3 is 14.7 Å². The van der Waals surface area contributed by atoms with E-state index in [9.17, 15) is 9.59 Å². The predicted molar refractivity (Wildman–Crippen MR) is 87.2 cm³/mol. The van der Waals surface area contributed by atoms with Gasteiger partial charge >= 0.3 is 5.97 Å². The molecule has 1 N–H and O–H groups in total. The molecule has 0 aliphatic heterocycles. The Balaban J connectivity index is 1.75. The van der Waals surface area contributed by atoms with Crippen molar-refractivity contribution in [1.29, 1.82) is 0 Å². The van der Waals surface area contributed by atoms with E-state index in [0.29, 0.717) is 18.7 Å². The molecule has 0 aromatic heterocycles. The zero-order valence-electron chi connectivity index (χ0n) is 13.7. The van der Waals surface area contributed by atoms with Gasteiger partial charge in [0.15, 0.2) is 6.61 Å². The molecule has 1 fully saturated rings. The number of aliphatic carboxylic acids is 1. The van der Waals surface area contributed by atoms with Gasteiger partial charge in [0.25, 0.3) is 0 Å². The second-order valence-corrected chi connectivity index (χ2v) is 6.27. The second kappa shape index (κ2) is 8.56. The van der Waals surface area contributed by atoms with Crippen molar-refractivity contribution >= 4 is 11.9 Å². The van der Waals surface area contributed by atoms with Crippen molar-refractivity contribution in [3.05, 3.63) is 29.8 Å². The summed E-state index contributed by atoms with van der Waals surface area (Å²) in [5, 5.41) is 8.57.